The highest BCUT2D eigenvalue weighted by Crippen LogP contribution is 2.22. The second-order valence-corrected chi connectivity index (χ2v) is 4.39. The SMILES string of the molecule is COc1ccccc1NCC(=O)NC[C@H](O)c1ccco1. The van der Waals surface area contributed by atoms with E-state index in [0.29, 0.717) is 11.5 Å². The number of benzene rings is 1. The lowest BCUT2D eigenvalue weighted by atomic mass is 10.2. The molecule has 1 amide bonds. The Morgan fingerprint density at radius 1 is 1.33 bits per heavy atom. The van der Waals surface area contributed by atoms with Crippen LogP contribution in [0.5, 0.6) is 5.75 Å². The van der Waals surface area contributed by atoms with Crippen LogP contribution in [0.3, 0.4) is 0 Å². The lowest BCUT2D eigenvalue weighted by molar-refractivity contribution is -0.119. The number of ether oxygens (including phenoxy) is 1. The number of carbonyl (C=O) groups excluding carboxylic acids is 1. The van der Waals surface area contributed by atoms with Crippen molar-refractivity contribution >= 4 is 11.6 Å². The Morgan fingerprint density at radius 2 is 2.14 bits per heavy atom. The van der Waals surface area contributed by atoms with Gasteiger partial charge in [0.1, 0.15) is 17.6 Å². The lowest BCUT2D eigenvalue weighted by Crippen LogP contribution is -2.33. The van der Waals surface area contributed by atoms with E-state index in [-0.39, 0.29) is 19.0 Å². The van der Waals surface area contributed by atoms with Gasteiger partial charge >= 0.3 is 0 Å². The Bertz CT molecular complexity index is 569. The number of para-hydroxylation sites is 2. The van der Waals surface area contributed by atoms with E-state index in [9.17, 15) is 9.90 Å². The number of hydrogen-bond donors (Lipinski definition) is 3. The molecule has 0 saturated heterocycles. The fraction of sp³-hybridized carbons (Fsp3) is 0.267. The molecule has 0 unspecified atom stereocenters. The minimum Gasteiger partial charge on any atom is -0.495 e. The van der Waals surface area contributed by atoms with E-state index in [0.717, 1.165) is 5.69 Å². The molecular formula is C15H18N2O4. The van der Waals surface area contributed by atoms with E-state index in [1.807, 2.05) is 18.2 Å². The molecule has 0 aliphatic rings. The number of carbonyl (C=O) groups is 1. The second-order valence-electron chi connectivity index (χ2n) is 4.39. The van der Waals surface area contributed by atoms with Crippen molar-refractivity contribution in [1.82, 2.24) is 5.32 Å². The van der Waals surface area contributed by atoms with Gasteiger partial charge < -0.3 is 24.9 Å². The van der Waals surface area contributed by atoms with Crippen molar-refractivity contribution in [3.05, 3.63) is 48.4 Å². The first kappa shape index (κ1) is 14.9. The van der Waals surface area contributed by atoms with Crippen LogP contribution in [0.2, 0.25) is 0 Å². The summed E-state index contributed by atoms with van der Waals surface area (Å²) >= 11 is 0. The first-order valence-corrected chi connectivity index (χ1v) is 6.55. The molecular weight excluding hydrogens is 272 g/mol. The van der Waals surface area contributed by atoms with Gasteiger partial charge in [0.25, 0.3) is 0 Å². The Hall–Kier alpha value is -2.47. The zero-order valence-corrected chi connectivity index (χ0v) is 11.7. The number of aliphatic hydroxyl groups excluding tert-OH is 1. The molecule has 0 aliphatic carbocycles. The Kier molecular flexibility index (Phi) is 5.22. The maximum atomic E-state index is 11.7. The predicted molar refractivity (Wildman–Crippen MR) is 78.2 cm³/mol. The highest BCUT2D eigenvalue weighted by Gasteiger charge is 2.12. The van der Waals surface area contributed by atoms with Crippen LogP contribution >= 0.6 is 0 Å². The van der Waals surface area contributed by atoms with Crippen LogP contribution in [0, 0.1) is 0 Å². The number of methoxy groups -OCH3 is 1. The quantitative estimate of drug-likeness (QED) is 0.720. The summed E-state index contributed by atoms with van der Waals surface area (Å²) in [5.41, 5.74) is 0.738. The van der Waals surface area contributed by atoms with Gasteiger partial charge in [0.15, 0.2) is 0 Å². The number of hydrogen-bond acceptors (Lipinski definition) is 5. The smallest absolute Gasteiger partial charge is 0.239 e. The second kappa shape index (κ2) is 7.35. The average molecular weight is 290 g/mol. The highest BCUT2D eigenvalue weighted by atomic mass is 16.5. The largest absolute Gasteiger partial charge is 0.495 e. The summed E-state index contributed by atoms with van der Waals surface area (Å²) in [7, 11) is 1.57. The highest BCUT2D eigenvalue weighted by molar-refractivity contribution is 5.81. The van der Waals surface area contributed by atoms with E-state index in [4.69, 9.17) is 9.15 Å². The molecule has 1 heterocycles. The first-order valence-electron chi connectivity index (χ1n) is 6.55. The lowest BCUT2D eigenvalue weighted by Gasteiger charge is -2.12. The molecule has 3 N–H and O–H groups in total. The van der Waals surface area contributed by atoms with E-state index in [1.54, 1.807) is 25.3 Å². The minimum atomic E-state index is -0.852. The molecule has 21 heavy (non-hydrogen) atoms. The van der Waals surface area contributed by atoms with Crippen LogP contribution in [0.25, 0.3) is 0 Å². The molecule has 6 nitrogen and oxygen atoms in total. The molecule has 0 spiro atoms. The van der Waals surface area contributed by atoms with Crippen molar-refractivity contribution in [1.29, 1.82) is 0 Å². The van der Waals surface area contributed by atoms with Gasteiger partial charge in [0.05, 0.1) is 32.1 Å². The normalized spacial score (nSPS) is 11.7. The molecule has 1 atom stereocenters. The third kappa shape index (κ3) is 4.25. The molecule has 0 radical (unpaired) electrons. The zero-order valence-electron chi connectivity index (χ0n) is 11.7. The monoisotopic (exact) mass is 290 g/mol. The predicted octanol–water partition coefficient (Wildman–Crippen LogP) is 1.55. The first-order chi connectivity index (χ1) is 10.2. The third-order valence-corrected chi connectivity index (χ3v) is 2.91. The molecule has 0 saturated carbocycles. The molecule has 1 aromatic carbocycles. The van der Waals surface area contributed by atoms with E-state index in [1.165, 1.54) is 6.26 Å². The number of furan rings is 1. The number of nitrogens with one attached hydrogen (secondary N) is 2. The van der Waals surface area contributed by atoms with Gasteiger partial charge in [0, 0.05) is 0 Å². The fourth-order valence-electron chi connectivity index (χ4n) is 1.82. The molecule has 0 bridgehead atoms. The minimum absolute atomic E-state index is 0.0885. The number of amides is 1. The summed E-state index contributed by atoms with van der Waals surface area (Å²) in [4.78, 5) is 11.7. The van der Waals surface area contributed by atoms with Crippen LogP contribution in [0.4, 0.5) is 5.69 Å². The van der Waals surface area contributed by atoms with E-state index >= 15 is 0 Å². The Morgan fingerprint density at radius 3 is 2.86 bits per heavy atom. The van der Waals surface area contributed by atoms with Crippen LogP contribution < -0.4 is 15.4 Å². The van der Waals surface area contributed by atoms with Crippen molar-refractivity contribution in [2.75, 3.05) is 25.5 Å². The summed E-state index contributed by atoms with van der Waals surface area (Å²) in [6, 6.07) is 10.7. The molecule has 0 fully saturated rings. The van der Waals surface area contributed by atoms with E-state index in [2.05, 4.69) is 10.6 Å². The van der Waals surface area contributed by atoms with Crippen LogP contribution in [-0.2, 0) is 4.79 Å². The maximum absolute atomic E-state index is 11.7. The molecule has 6 heteroatoms. The van der Waals surface area contributed by atoms with Gasteiger partial charge in [-0.3, -0.25) is 4.79 Å². The molecule has 0 aliphatic heterocycles. The van der Waals surface area contributed by atoms with Gasteiger partial charge in [0.2, 0.25) is 5.91 Å². The topological polar surface area (TPSA) is 83.7 Å². The standard InChI is InChI=1S/C15H18N2O4/c1-20-13-6-3-2-5-11(13)16-10-15(19)17-9-12(18)14-7-4-8-21-14/h2-8,12,16,18H,9-10H2,1H3,(H,17,19)/t12-/m0/s1. The summed E-state index contributed by atoms with van der Waals surface area (Å²) in [6.07, 6.45) is 0.624. The van der Waals surface area contributed by atoms with Crippen LogP contribution in [0.1, 0.15) is 11.9 Å². The summed E-state index contributed by atoms with van der Waals surface area (Å²) in [5.74, 6) is 0.862. The molecule has 112 valence electrons. The zero-order chi connectivity index (χ0) is 15.1. The van der Waals surface area contributed by atoms with Gasteiger partial charge in [-0.05, 0) is 24.3 Å². The maximum Gasteiger partial charge on any atom is 0.239 e. The fourth-order valence-corrected chi connectivity index (χ4v) is 1.82. The van der Waals surface area contributed by atoms with Gasteiger partial charge in [-0.2, -0.15) is 0 Å². The van der Waals surface area contributed by atoms with Crippen molar-refractivity contribution in [3.63, 3.8) is 0 Å². The average Bonchev–Trinajstić information content (AvgIpc) is 3.05. The Labute approximate surface area is 122 Å². The van der Waals surface area contributed by atoms with E-state index < -0.39 is 6.10 Å². The van der Waals surface area contributed by atoms with Gasteiger partial charge in [-0.1, -0.05) is 12.1 Å². The molecule has 2 aromatic rings. The number of aliphatic hydroxyl groups is 1. The van der Waals surface area contributed by atoms with Crippen LogP contribution in [-0.4, -0.2) is 31.2 Å². The van der Waals surface area contributed by atoms with Crippen molar-refractivity contribution in [3.8, 4) is 5.75 Å². The van der Waals surface area contributed by atoms with Crippen molar-refractivity contribution < 1.29 is 19.1 Å². The summed E-state index contributed by atoms with van der Waals surface area (Å²) < 4.78 is 10.2. The number of rotatable bonds is 7. The molecule has 2 rings (SSSR count). The third-order valence-electron chi connectivity index (χ3n) is 2.91. The van der Waals surface area contributed by atoms with Gasteiger partial charge in [-0.15, -0.1) is 0 Å². The summed E-state index contributed by atoms with van der Waals surface area (Å²) in [6.45, 7) is 0.186. The van der Waals surface area contributed by atoms with Crippen molar-refractivity contribution in [2.24, 2.45) is 0 Å². The van der Waals surface area contributed by atoms with Crippen molar-refractivity contribution in [2.45, 2.75) is 6.10 Å². The van der Waals surface area contributed by atoms with Crippen LogP contribution in [0.15, 0.2) is 47.1 Å². The number of anilines is 1. The Balaban J connectivity index is 1.77. The molecule has 1 aromatic heterocycles. The van der Waals surface area contributed by atoms with Gasteiger partial charge in [-0.25, -0.2) is 0 Å². The summed E-state index contributed by atoms with van der Waals surface area (Å²) in [5, 5.41) is 15.4.